The molecule has 112 valence electrons. The fraction of sp³-hybridized carbons (Fsp3) is 0.438. The summed E-state index contributed by atoms with van der Waals surface area (Å²) >= 11 is 0. The average molecular weight is 289 g/mol. The maximum atomic E-state index is 12.3. The van der Waals surface area contributed by atoms with Crippen molar-refractivity contribution in [3.05, 3.63) is 40.6 Å². The SMILES string of the molecule is COC(=O)c1ccc(C=[N+]([O-])C2(C)CCCCC2=O)cc1. The van der Waals surface area contributed by atoms with Crippen LogP contribution in [-0.4, -0.2) is 35.4 Å². The van der Waals surface area contributed by atoms with Crippen LogP contribution in [0.1, 0.15) is 48.5 Å². The van der Waals surface area contributed by atoms with Crippen LogP contribution in [0, 0.1) is 5.21 Å². The third-order valence-corrected chi connectivity index (χ3v) is 4.00. The number of ketones is 1. The number of rotatable bonds is 3. The van der Waals surface area contributed by atoms with E-state index in [1.165, 1.54) is 13.3 Å². The number of Topliss-reactive ketones (excluding diaryl/α,β-unsaturated/α-hetero) is 1. The second-order valence-electron chi connectivity index (χ2n) is 5.47. The maximum absolute atomic E-state index is 12.3. The second-order valence-corrected chi connectivity index (χ2v) is 5.47. The fourth-order valence-corrected chi connectivity index (χ4v) is 2.50. The van der Waals surface area contributed by atoms with Crippen molar-refractivity contribution in [3.63, 3.8) is 0 Å². The lowest BCUT2D eigenvalue weighted by Crippen LogP contribution is -2.46. The van der Waals surface area contributed by atoms with Gasteiger partial charge in [-0.1, -0.05) is 0 Å². The Morgan fingerprint density at radius 1 is 1.33 bits per heavy atom. The van der Waals surface area contributed by atoms with Crippen LogP contribution >= 0.6 is 0 Å². The molecule has 0 spiro atoms. The molecule has 0 N–H and O–H groups in total. The van der Waals surface area contributed by atoms with Crippen molar-refractivity contribution in [2.75, 3.05) is 7.11 Å². The first kappa shape index (κ1) is 15.2. The summed E-state index contributed by atoms with van der Waals surface area (Å²) in [6.45, 7) is 1.70. The smallest absolute Gasteiger partial charge is 0.337 e. The molecule has 0 amide bonds. The van der Waals surface area contributed by atoms with Crippen LogP contribution in [0.2, 0.25) is 0 Å². The molecule has 21 heavy (non-hydrogen) atoms. The standard InChI is InChI=1S/C16H19NO4/c1-16(10-4-3-5-14(16)18)17(20)11-12-6-8-13(9-7-12)15(19)21-2/h6-9,11H,3-5,10H2,1-2H3. The fourth-order valence-electron chi connectivity index (χ4n) is 2.50. The largest absolute Gasteiger partial charge is 0.623 e. The minimum Gasteiger partial charge on any atom is -0.623 e. The highest BCUT2D eigenvalue weighted by Gasteiger charge is 2.42. The van der Waals surface area contributed by atoms with Gasteiger partial charge in [-0.15, -0.1) is 0 Å². The molecule has 0 heterocycles. The lowest BCUT2D eigenvalue weighted by molar-refractivity contribution is -0.525. The van der Waals surface area contributed by atoms with Crippen molar-refractivity contribution in [1.82, 2.24) is 0 Å². The van der Waals surface area contributed by atoms with Crippen LogP contribution in [0.15, 0.2) is 24.3 Å². The minimum absolute atomic E-state index is 0.00817. The number of carbonyl (C=O) groups is 2. The van der Waals surface area contributed by atoms with Gasteiger partial charge in [0.2, 0.25) is 11.3 Å². The van der Waals surface area contributed by atoms with Gasteiger partial charge in [-0.05, 0) is 37.1 Å². The van der Waals surface area contributed by atoms with E-state index in [9.17, 15) is 14.8 Å². The van der Waals surface area contributed by atoms with Gasteiger partial charge >= 0.3 is 5.97 Å². The summed E-state index contributed by atoms with van der Waals surface area (Å²) in [5, 5.41) is 12.3. The molecule has 1 aliphatic carbocycles. The molecule has 1 aromatic carbocycles. The van der Waals surface area contributed by atoms with Gasteiger partial charge in [0.05, 0.1) is 12.7 Å². The van der Waals surface area contributed by atoms with Crippen LogP contribution in [0.3, 0.4) is 0 Å². The Balaban J connectivity index is 2.22. The third-order valence-electron chi connectivity index (χ3n) is 4.00. The Kier molecular flexibility index (Phi) is 4.40. The molecule has 2 rings (SSSR count). The van der Waals surface area contributed by atoms with E-state index in [4.69, 9.17) is 0 Å². The number of hydroxylamine groups is 1. The zero-order valence-electron chi connectivity index (χ0n) is 12.3. The summed E-state index contributed by atoms with van der Waals surface area (Å²) in [5.41, 5.74) is 0.100. The predicted octanol–water partition coefficient (Wildman–Crippen LogP) is 2.30. The number of benzene rings is 1. The van der Waals surface area contributed by atoms with Crippen molar-refractivity contribution in [3.8, 4) is 0 Å². The average Bonchev–Trinajstić information content (AvgIpc) is 2.50. The van der Waals surface area contributed by atoms with Crippen LogP contribution in [0.5, 0.6) is 0 Å². The van der Waals surface area contributed by atoms with Gasteiger partial charge in [-0.2, -0.15) is 4.74 Å². The van der Waals surface area contributed by atoms with Crippen LogP contribution in [-0.2, 0) is 9.53 Å². The minimum atomic E-state index is -0.973. The van der Waals surface area contributed by atoms with Crippen molar-refractivity contribution in [2.45, 2.75) is 38.1 Å². The van der Waals surface area contributed by atoms with E-state index >= 15 is 0 Å². The number of hydrogen-bond donors (Lipinski definition) is 0. The van der Waals surface area contributed by atoms with Crippen LogP contribution < -0.4 is 0 Å². The molecular formula is C16H19NO4. The Labute approximate surface area is 123 Å². The lowest BCUT2D eigenvalue weighted by Gasteiger charge is -2.30. The quantitative estimate of drug-likeness (QED) is 0.281. The van der Waals surface area contributed by atoms with Crippen LogP contribution in [0.4, 0.5) is 0 Å². The number of methoxy groups -OCH3 is 1. The molecule has 0 radical (unpaired) electrons. The van der Waals surface area contributed by atoms with Crippen LogP contribution in [0.25, 0.3) is 0 Å². The molecule has 1 unspecified atom stereocenters. The van der Waals surface area contributed by atoms with Crippen molar-refractivity contribution < 1.29 is 19.1 Å². The van der Waals surface area contributed by atoms with Gasteiger partial charge in [-0.3, -0.25) is 4.79 Å². The van der Waals surface area contributed by atoms with E-state index in [2.05, 4.69) is 4.74 Å². The van der Waals surface area contributed by atoms with E-state index in [0.717, 1.165) is 17.6 Å². The first-order chi connectivity index (χ1) is 9.97. The Bertz CT molecular complexity index is 576. The predicted molar refractivity (Wildman–Crippen MR) is 78.5 cm³/mol. The molecule has 1 aliphatic rings. The summed E-state index contributed by atoms with van der Waals surface area (Å²) in [4.78, 5) is 23.3. The summed E-state index contributed by atoms with van der Waals surface area (Å²) in [6, 6.07) is 6.51. The Hall–Kier alpha value is -2.17. The molecule has 1 saturated carbocycles. The van der Waals surface area contributed by atoms with E-state index in [1.807, 2.05) is 0 Å². The van der Waals surface area contributed by atoms with Gasteiger partial charge in [0, 0.05) is 25.3 Å². The zero-order valence-corrected chi connectivity index (χ0v) is 12.3. The van der Waals surface area contributed by atoms with Gasteiger partial charge in [0.1, 0.15) is 0 Å². The highest BCUT2D eigenvalue weighted by Crippen LogP contribution is 2.27. The summed E-state index contributed by atoms with van der Waals surface area (Å²) < 4.78 is 5.37. The van der Waals surface area contributed by atoms with Crippen molar-refractivity contribution in [1.29, 1.82) is 0 Å². The topological polar surface area (TPSA) is 69.4 Å². The van der Waals surface area contributed by atoms with Gasteiger partial charge in [0.15, 0.2) is 6.21 Å². The summed E-state index contributed by atoms with van der Waals surface area (Å²) in [6.07, 6.45) is 4.19. The molecule has 0 aliphatic heterocycles. The first-order valence-electron chi connectivity index (χ1n) is 7.00. The summed E-state index contributed by atoms with van der Waals surface area (Å²) in [5.74, 6) is -0.430. The molecule has 5 heteroatoms. The Morgan fingerprint density at radius 3 is 2.57 bits per heavy atom. The monoisotopic (exact) mass is 289 g/mol. The van der Waals surface area contributed by atoms with Crippen molar-refractivity contribution in [2.24, 2.45) is 0 Å². The highest BCUT2D eigenvalue weighted by atomic mass is 16.5. The lowest BCUT2D eigenvalue weighted by atomic mass is 9.82. The molecule has 0 saturated heterocycles. The molecule has 1 atom stereocenters. The number of esters is 1. The highest BCUT2D eigenvalue weighted by molar-refractivity contribution is 5.91. The molecule has 1 fully saturated rings. The number of ether oxygens (including phenoxy) is 1. The zero-order chi connectivity index (χ0) is 15.5. The molecule has 0 bridgehead atoms. The third kappa shape index (κ3) is 3.12. The van der Waals surface area contributed by atoms with Gasteiger partial charge < -0.3 is 9.94 Å². The number of nitrogens with zero attached hydrogens (tertiary/aromatic N) is 1. The summed E-state index contributed by atoms with van der Waals surface area (Å²) in [7, 11) is 1.32. The van der Waals surface area contributed by atoms with E-state index < -0.39 is 11.5 Å². The molecule has 5 nitrogen and oxygen atoms in total. The normalized spacial score (nSPS) is 23.0. The molecule has 1 aromatic rings. The van der Waals surface area contributed by atoms with Crippen molar-refractivity contribution >= 4 is 18.0 Å². The second kappa shape index (κ2) is 6.08. The number of hydrogen-bond acceptors (Lipinski definition) is 4. The molecule has 0 aromatic heterocycles. The van der Waals surface area contributed by atoms with Gasteiger partial charge in [0.25, 0.3) is 0 Å². The van der Waals surface area contributed by atoms with E-state index in [-0.39, 0.29) is 5.78 Å². The number of carbonyl (C=O) groups excluding carboxylic acids is 2. The van der Waals surface area contributed by atoms with E-state index in [0.29, 0.717) is 24.0 Å². The molecular weight excluding hydrogens is 270 g/mol. The first-order valence-corrected chi connectivity index (χ1v) is 7.00. The van der Waals surface area contributed by atoms with E-state index in [1.54, 1.807) is 31.2 Å². The maximum Gasteiger partial charge on any atom is 0.337 e. The Morgan fingerprint density at radius 2 is 2.00 bits per heavy atom. The van der Waals surface area contributed by atoms with Gasteiger partial charge in [-0.25, -0.2) is 4.79 Å².